The van der Waals surface area contributed by atoms with Crippen LogP contribution in [0.4, 0.5) is 5.69 Å². The Morgan fingerprint density at radius 1 is 0.867 bits per heavy atom. The highest BCUT2D eigenvalue weighted by atomic mass is 32.2. The maximum absolute atomic E-state index is 12.4. The highest BCUT2D eigenvalue weighted by Gasteiger charge is 2.63. The maximum atomic E-state index is 12.4. The number of benzene rings is 4. The second-order valence-corrected chi connectivity index (χ2v) is 14.4. The topological polar surface area (TPSA) is 135 Å². The molecule has 0 saturated carbocycles. The fraction of sp³-hybridized carbons (Fsp3) is 0.182. The number of hydrogen-bond acceptors (Lipinski definition) is 6. The summed E-state index contributed by atoms with van der Waals surface area (Å²) in [6, 6.07) is 23.3. The first-order valence-corrected chi connectivity index (χ1v) is 17.6. The van der Waals surface area contributed by atoms with Gasteiger partial charge in [-0.15, -0.1) is 0 Å². The first-order chi connectivity index (χ1) is 21.5. The molecule has 1 aromatic heterocycles. The van der Waals surface area contributed by atoms with Gasteiger partial charge in [-0.25, -0.2) is 4.48 Å². The number of oxazole rings is 1. The third kappa shape index (κ3) is 5.34. The van der Waals surface area contributed by atoms with Crippen LogP contribution in [-0.4, -0.2) is 43.6 Å². The lowest BCUT2D eigenvalue weighted by molar-refractivity contribution is -0.677. The Bertz CT molecular complexity index is 2310. The lowest BCUT2D eigenvalue weighted by Gasteiger charge is -2.45. The van der Waals surface area contributed by atoms with Gasteiger partial charge in [0, 0.05) is 24.6 Å². The van der Waals surface area contributed by atoms with E-state index < -0.39 is 25.6 Å². The molecule has 2 aliphatic rings. The second-order valence-electron chi connectivity index (χ2n) is 11.3. The van der Waals surface area contributed by atoms with E-state index in [1.807, 2.05) is 77.4 Å². The van der Waals surface area contributed by atoms with Crippen LogP contribution < -0.4 is 13.8 Å². The number of aromatic nitrogens is 1. The number of hydrogen-bond donors (Lipinski definition) is 2. The summed E-state index contributed by atoms with van der Waals surface area (Å²) in [5, 5.41) is 2.85. The molecular weight excluding hydrogens is 617 g/mol. The van der Waals surface area contributed by atoms with Gasteiger partial charge in [-0.05, 0) is 33.7 Å². The average Bonchev–Trinajstić information content (AvgIpc) is 3.47. The van der Waals surface area contributed by atoms with Crippen molar-refractivity contribution < 1.29 is 39.7 Å². The van der Waals surface area contributed by atoms with Crippen molar-refractivity contribution in [2.45, 2.75) is 24.8 Å². The molecule has 5 aromatic rings. The minimum atomic E-state index is -4.36. The number of fused-ring (bicyclic) bond motifs is 5. The van der Waals surface area contributed by atoms with Crippen molar-refractivity contribution in [3.05, 3.63) is 109 Å². The summed E-state index contributed by atoms with van der Waals surface area (Å²) >= 11 is 0. The molecular formula is C33H30N2O8S2+2. The van der Waals surface area contributed by atoms with Gasteiger partial charge in [0.05, 0.1) is 24.8 Å². The smallest absolute Gasteiger partial charge is 0.374 e. The van der Waals surface area contributed by atoms with E-state index in [1.165, 1.54) is 0 Å². The Morgan fingerprint density at radius 3 is 2.18 bits per heavy atom. The summed E-state index contributed by atoms with van der Waals surface area (Å²) < 4.78 is 81.0. The van der Waals surface area contributed by atoms with Crippen LogP contribution in [0.5, 0.6) is 5.75 Å². The highest BCUT2D eigenvalue weighted by Crippen LogP contribution is 2.54. The number of quaternary nitrogens is 1. The fourth-order valence-corrected chi connectivity index (χ4v) is 8.04. The molecule has 0 amide bonds. The van der Waals surface area contributed by atoms with Crippen LogP contribution in [-0.2, 0) is 26.8 Å². The molecule has 230 valence electrons. The highest BCUT2D eigenvalue weighted by molar-refractivity contribution is 7.86. The van der Waals surface area contributed by atoms with E-state index in [-0.39, 0.29) is 16.7 Å². The zero-order chi connectivity index (χ0) is 31.4. The summed E-state index contributed by atoms with van der Waals surface area (Å²) in [6.45, 7) is 0.762. The molecule has 2 N–H and O–H groups in total. The van der Waals surface area contributed by atoms with Crippen LogP contribution in [0.25, 0.3) is 38.7 Å². The Kier molecular flexibility index (Phi) is 7.14. The van der Waals surface area contributed by atoms with Crippen LogP contribution in [0.3, 0.4) is 0 Å². The summed E-state index contributed by atoms with van der Waals surface area (Å²) in [4.78, 5) is 0. The van der Waals surface area contributed by atoms with E-state index in [0.29, 0.717) is 48.3 Å². The minimum absolute atomic E-state index is 0.113. The molecule has 7 rings (SSSR count). The first kappa shape index (κ1) is 29.4. The summed E-state index contributed by atoms with van der Waals surface area (Å²) in [5.74, 6) is 1.06. The van der Waals surface area contributed by atoms with Crippen molar-refractivity contribution in [1.82, 2.24) is 4.48 Å². The van der Waals surface area contributed by atoms with Gasteiger partial charge in [0.25, 0.3) is 15.6 Å². The number of ether oxygens (including phenoxy) is 1. The molecule has 1 saturated heterocycles. The van der Waals surface area contributed by atoms with Crippen molar-refractivity contribution in [2.24, 2.45) is 0 Å². The lowest BCUT2D eigenvalue weighted by Crippen LogP contribution is -2.67. The number of allylic oxidation sites excluding steroid dienone is 4. The van der Waals surface area contributed by atoms with Crippen LogP contribution in [0.1, 0.15) is 18.7 Å². The average molecular weight is 647 g/mol. The molecule has 1 fully saturated rings. The quantitative estimate of drug-likeness (QED) is 0.0945. The molecule has 2 aliphatic heterocycles. The summed E-state index contributed by atoms with van der Waals surface area (Å²) in [5.41, 5.74) is 2.12. The Balaban J connectivity index is 1.21. The van der Waals surface area contributed by atoms with Crippen molar-refractivity contribution in [2.75, 3.05) is 12.3 Å². The van der Waals surface area contributed by atoms with E-state index in [2.05, 4.69) is 0 Å². The van der Waals surface area contributed by atoms with E-state index in [9.17, 15) is 25.9 Å². The van der Waals surface area contributed by atoms with Crippen LogP contribution in [0, 0.1) is 0 Å². The van der Waals surface area contributed by atoms with Gasteiger partial charge < -0.3 is 9.15 Å². The Labute approximate surface area is 259 Å². The largest absolute Gasteiger partial charge is 0.406 e. The van der Waals surface area contributed by atoms with E-state index in [4.69, 9.17) is 9.15 Å². The molecule has 3 heterocycles. The van der Waals surface area contributed by atoms with Gasteiger partial charge in [-0.2, -0.15) is 21.4 Å². The predicted octanol–water partition coefficient (Wildman–Crippen LogP) is 5.73. The van der Waals surface area contributed by atoms with E-state index in [1.54, 1.807) is 30.4 Å². The maximum Gasteiger partial charge on any atom is 0.374 e. The molecule has 2 atom stereocenters. The molecule has 4 aromatic carbocycles. The van der Waals surface area contributed by atoms with E-state index >= 15 is 0 Å². The molecule has 0 radical (unpaired) electrons. The molecule has 10 nitrogen and oxygen atoms in total. The Hall–Kier alpha value is -4.33. The van der Waals surface area contributed by atoms with Gasteiger partial charge in [0.1, 0.15) is 0 Å². The third-order valence-corrected chi connectivity index (χ3v) is 10.6. The van der Waals surface area contributed by atoms with Crippen molar-refractivity contribution >= 4 is 64.6 Å². The third-order valence-electron chi connectivity index (χ3n) is 8.51. The second kappa shape index (κ2) is 10.9. The number of rotatable bonds is 8. The van der Waals surface area contributed by atoms with Gasteiger partial charge in [0.2, 0.25) is 11.0 Å². The standard InChI is InChI=1S/C33H28N2O8S2/c36-44(37,38)18-8-16-34-27-19-23-9-4-6-11-25(23)21-29(27)42-31(34)13-2-1-3-14-32-35(17-15-33(35)45(39,40)41)28-20-24-10-5-7-12-26(24)22-30(28)43-32/h1-7,9-14,19-22,33H,8,15-18H2/p+2. The Morgan fingerprint density at radius 2 is 1.53 bits per heavy atom. The van der Waals surface area contributed by atoms with Crippen LogP contribution in [0.2, 0.25) is 0 Å². The molecule has 0 bridgehead atoms. The van der Waals surface area contributed by atoms with Crippen molar-refractivity contribution in [3.8, 4) is 5.75 Å². The molecule has 1 spiro atoms. The lowest BCUT2D eigenvalue weighted by atomic mass is 10.0. The zero-order valence-electron chi connectivity index (χ0n) is 24.0. The molecule has 2 unspecified atom stereocenters. The van der Waals surface area contributed by atoms with Crippen LogP contribution >= 0.6 is 0 Å². The number of aryl methyl sites for hydroxylation is 1. The number of nitrogens with zero attached hydrogens (tertiary/aromatic N) is 2. The monoisotopic (exact) mass is 646 g/mol. The van der Waals surface area contributed by atoms with E-state index in [0.717, 1.165) is 27.1 Å². The van der Waals surface area contributed by atoms with Crippen LogP contribution in [0.15, 0.2) is 107 Å². The van der Waals surface area contributed by atoms with Gasteiger partial charge in [-0.3, -0.25) is 9.11 Å². The normalized spacial score (nSPS) is 21.0. The van der Waals surface area contributed by atoms with Crippen molar-refractivity contribution in [1.29, 1.82) is 0 Å². The fourth-order valence-electron chi connectivity index (χ4n) is 6.36. The first-order valence-electron chi connectivity index (χ1n) is 14.4. The SMILES string of the molecule is O=S(=O)(O)CCC[n+]1c(C=CC=CC=C2Oc3cc4ccccc4cc3[N+]23CCC3S(=O)(=O)O)oc2cc3ccccc3cc21. The van der Waals surface area contributed by atoms with Gasteiger partial charge >= 0.3 is 21.9 Å². The molecule has 0 aliphatic carbocycles. The molecule has 45 heavy (non-hydrogen) atoms. The summed E-state index contributed by atoms with van der Waals surface area (Å²) in [6.07, 6.45) is 9.18. The minimum Gasteiger partial charge on any atom is -0.406 e. The van der Waals surface area contributed by atoms with Gasteiger partial charge in [-0.1, -0.05) is 66.8 Å². The predicted molar refractivity (Wildman–Crippen MR) is 172 cm³/mol. The molecule has 12 heteroatoms. The summed E-state index contributed by atoms with van der Waals surface area (Å²) in [7, 11) is -8.47. The van der Waals surface area contributed by atoms with Gasteiger partial charge in [0.15, 0.2) is 18.0 Å². The zero-order valence-corrected chi connectivity index (χ0v) is 25.6. The van der Waals surface area contributed by atoms with Crippen molar-refractivity contribution in [3.63, 3.8) is 0 Å².